The van der Waals surface area contributed by atoms with Crippen LogP contribution in [0.5, 0.6) is 11.5 Å². The Morgan fingerprint density at radius 1 is 1.25 bits per heavy atom. The first-order valence-electron chi connectivity index (χ1n) is 7.00. The highest BCUT2D eigenvalue weighted by Gasteiger charge is 2.17. The van der Waals surface area contributed by atoms with Crippen molar-refractivity contribution in [3.8, 4) is 11.5 Å². The molecule has 0 aliphatic rings. The van der Waals surface area contributed by atoms with Gasteiger partial charge in [-0.3, -0.25) is 14.9 Å². The number of non-ortho nitro benzene ring substituents is 1. The zero-order chi connectivity index (χ0) is 17.5. The third-order valence-electron chi connectivity index (χ3n) is 3.11. The number of carbonyl (C=O) groups excluding carboxylic acids is 1. The van der Waals surface area contributed by atoms with Gasteiger partial charge >= 0.3 is 0 Å². The highest BCUT2D eigenvalue weighted by atomic mass is 19.1. The number of nitro groups is 1. The Hall–Kier alpha value is -3.16. The quantitative estimate of drug-likeness (QED) is 0.477. The maximum atomic E-state index is 12.8. The summed E-state index contributed by atoms with van der Waals surface area (Å²) in [6.07, 6.45) is 0. The van der Waals surface area contributed by atoms with Crippen LogP contribution in [-0.4, -0.2) is 31.1 Å². The summed E-state index contributed by atoms with van der Waals surface area (Å²) in [5.41, 5.74) is -0.142. The minimum absolute atomic E-state index is 0.0634. The minimum atomic E-state index is -0.589. The molecule has 0 aliphatic heterocycles. The SMILES string of the molecule is COc1ccc([N+](=O)[O-])cc1C(=O)NCCOc1ccc(F)cc1. The summed E-state index contributed by atoms with van der Waals surface area (Å²) in [6.45, 7) is 0.330. The second kappa shape index (κ2) is 7.91. The molecular formula is C16H15FN2O5. The molecule has 0 radical (unpaired) electrons. The monoisotopic (exact) mass is 334 g/mol. The molecule has 0 aliphatic carbocycles. The van der Waals surface area contributed by atoms with E-state index in [9.17, 15) is 19.3 Å². The number of rotatable bonds is 7. The van der Waals surface area contributed by atoms with Crippen molar-refractivity contribution in [1.29, 1.82) is 0 Å². The molecule has 0 spiro atoms. The van der Waals surface area contributed by atoms with Gasteiger partial charge in [-0.25, -0.2) is 4.39 Å². The lowest BCUT2D eigenvalue weighted by Crippen LogP contribution is -2.28. The van der Waals surface area contributed by atoms with Crippen LogP contribution in [0.3, 0.4) is 0 Å². The number of hydrogen-bond donors (Lipinski definition) is 1. The van der Waals surface area contributed by atoms with Crippen LogP contribution < -0.4 is 14.8 Å². The highest BCUT2D eigenvalue weighted by molar-refractivity contribution is 5.97. The molecule has 2 aromatic carbocycles. The van der Waals surface area contributed by atoms with Gasteiger partial charge in [0, 0.05) is 12.1 Å². The predicted octanol–water partition coefficient (Wildman–Crippen LogP) is 2.55. The van der Waals surface area contributed by atoms with Crippen LogP contribution in [0.1, 0.15) is 10.4 Å². The summed E-state index contributed by atoms with van der Waals surface area (Å²) >= 11 is 0. The molecule has 0 unspecified atom stereocenters. The molecule has 0 atom stereocenters. The van der Waals surface area contributed by atoms with Crippen LogP contribution in [-0.2, 0) is 0 Å². The summed E-state index contributed by atoms with van der Waals surface area (Å²) in [6, 6.07) is 9.25. The topological polar surface area (TPSA) is 90.7 Å². The molecule has 1 N–H and O–H groups in total. The van der Waals surface area contributed by atoms with E-state index in [2.05, 4.69) is 5.32 Å². The van der Waals surface area contributed by atoms with Gasteiger partial charge in [0.1, 0.15) is 23.9 Å². The Labute approximate surface area is 137 Å². The van der Waals surface area contributed by atoms with Gasteiger partial charge in [0.05, 0.1) is 24.1 Å². The molecule has 1 amide bonds. The number of halogens is 1. The van der Waals surface area contributed by atoms with Crippen molar-refractivity contribution in [3.63, 3.8) is 0 Å². The number of hydrogen-bond acceptors (Lipinski definition) is 5. The first kappa shape index (κ1) is 17.2. The molecule has 0 bridgehead atoms. The second-order valence-electron chi connectivity index (χ2n) is 4.70. The lowest BCUT2D eigenvalue weighted by Gasteiger charge is -2.10. The second-order valence-corrected chi connectivity index (χ2v) is 4.70. The van der Waals surface area contributed by atoms with Crippen molar-refractivity contribution in [2.24, 2.45) is 0 Å². The molecule has 8 heteroatoms. The Balaban J connectivity index is 1.93. The lowest BCUT2D eigenvalue weighted by molar-refractivity contribution is -0.384. The van der Waals surface area contributed by atoms with Gasteiger partial charge in [0.2, 0.25) is 0 Å². The first-order valence-corrected chi connectivity index (χ1v) is 7.00. The van der Waals surface area contributed by atoms with Crippen LogP contribution in [0.25, 0.3) is 0 Å². The fraction of sp³-hybridized carbons (Fsp3) is 0.188. The van der Waals surface area contributed by atoms with Crippen molar-refractivity contribution in [2.45, 2.75) is 0 Å². The van der Waals surface area contributed by atoms with Crippen molar-refractivity contribution in [3.05, 3.63) is 64.0 Å². The molecule has 0 heterocycles. The summed E-state index contributed by atoms with van der Waals surface area (Å²) < 4.78 is 23.1. The molecule has 0 saturated carbocycles. The van der Waals surface area contributed by atoms with Crippen LogP contribution >= 0.6 is 0 Å². The zero-order valence-electron chi connectivity index (χ0n) is 12.8. The average Bonchev–Trinajstić information content (AvgIpc) is 2.59. The molecular weight excluding hydrogens is 319 g/mol. The molecule has 2 rings (SSSR count). The Bertz CT molecular complexity index is 734. The maximum Gasteiger partial charge on any atom is 0.270 e. The molecule has 0 aromatic heterocycles. The molecule has 24 heavy (non-hydrogen) atoms. The standard InChI is InChI=1S/C16H15FN2O5/c1-23-15-7-4-12(19(21)22)10-14(15)16(20)18-8-9-24-13-5-2-11(17)3-6-13/h2-7,10H,8-9H2,1H3,(H,18,20). The number of methoxy groups -OCH3 is 1. The number of benzene rings is 2. The predicted molar refractivity (Wildman–Crippen MR) is 83.9 cm³/mol. The smallest absolute Gasteiger partial charge is 0.270 e. The molecule has 7 nitrogen and oxygen atoms in total. The maximum absolute atomic E-state index is 12.8. The summed E-state index contributed by atoms with van der Waals surface area (Å²) in [7, 11) is 1.37. The van der Waals surface area contributed by atoms with Crippen LogP contribution in [0, 0.1) is 15.9 Å². The summed E-state index contributed by atoms with van der Waals surface area (Å²) in [5, 5.41) is 13.4. The first-order chi connectivity index (χ1) is 11.5. The van der Waals surface area contributed by atoms with E-state index in [0.29, 0.717) is 5.75 Å². The van der Waals surface area contributed by atoms with E-state index in [4.69, 9.17) is 9.47 Å². The number of nitro benzene ring substituents is 1. The third kappa shape index (κ3) is 4.42. The normalized spacial score (nSPS) is 10.1. The summed E-state index contributed by atoms with van der Waals surface area (Å²) in [4.78, 5) is 22.3. The number of amides is 1. The van der Waals surface area contributed by atoms with Crippen LogP contribution in [0.15, 0.2) is 42.5 Å². The minimum Gasteiger partial charge on any atom is -0.496 e. The Morgan fingerprint density at radius 2 is 1.96 bits per heavy atom. The zero-order valence-corrected chi connectivity index (χ0v) is 12.8. The van der Waals surface area contributed by atoms with E-state index in [1.54, 1.807) is 0 Å². The fourth-order valence-corrected chi connectivity index (χ4v) is 1.95. The van der Waals surface area contributed by atoms with Gasteiger partial charge in [-0.2, -0.15) is 0 Å². The van der Waals surface area contributed by atoms with E-state index >= 15 is 0 Å². The third-order valence-corrected chi connectivity index (χ3v) is 3.11. The molecule has 0 saturated heterocycles. The van der Waals surface area contributed by atoms with Gasteiger partial charge < -0.3 is 14.8 Å². The van der Waals surface area contributed by atoms with Gasteiger partial charge in [-0.15, -0.1) is 0 Å². The van der Waals surface area contributed by atoms with Crippen molar-refractivity contribution in [1.82, 2.24) is 5.32 Å². The number of carbonyl (C=O) groups is 1. The molecule has 126 valence electrons. The van der Waals surface area contributed by atoms with E-state index in [-0.39, 0.29) is 36.0 Å². The average molecular weight is 334 g/mol. The number of nitrogens with one attached hydrogen (secondary N) is 1. The largest absolute Gasteiger partial charge is 0.496 e. The molecule has 0 fully saturated rings. The van der Waals surface area contributed by atoms with Crippen molar-refractivity contribution >= 4 is 11.6 Å². The number of nitrogens with zero attached hydrogens (tertiary/aromatic N) is 1. The molecule has 2 aromatic rings. The van der Waals surface area contributed by atoms with E-state index < -0.39 is 10.8 Å². The lowest BCUT2D eigenvalue weighted by atomic mass is 10.1. The van der Waals surface area contributed by atoms with Gasteiger partial charge in [-0.1, -0.05) is 0 Å². The van der Waals surface area contributed by atoms with Gasteiger partial charge in [0.25, 0.3) is 11.6 Å². The number of ether oxygens (including phenoxy) is 2. The van der Waals surface area contributed by atoms with E-state index in [1.807, 2.05) is 0 Å². The highest BCUT2D eigenvalue weighted by Crippen LogP contribution is 2.23. The Morgan fingerprint density at radius 3 is 2.58 bits per heavy atom. The van der Waals surface area contributed by atoms with E-state index in [0.717, 1.165) is 6.07 Å². The van der Waals surface area contributed by atoms with Crippen molar-refractivity contribution in [2.75, 3.05) is 20.3 Å². The van der Waals surface area contributed by atoms with E-state index in [1.165, 1.54) is 43.5 Å². The Kier molecular flexibility index (Phi) is 5.67. The summed E-state index contributed by atoms with van der Waals surface area (Å²) in [5.74, 6) is -0.178. The van der Waals surface area contributed by atoms with Crippen LogP contribution in [0.4, 0.5) is 10.1 Å². The van der Waals surface area contributed by atoms with Gasteiger partial charge in [0.15, 0.2) is 0 Å². The van der Waals surface area contributed by atoms with Gasteiger partial charge in [-0.05, 0) is 30.3 Å². The fourth-order valence-electron chi connectivity index (χ4n) is 1.95. The van der Waals surface area contributed by atoms with Crippen LogP contribution in [0.2, 0.25) is 0 Å². The van der Waals surface area contributed by atoms with Crippen molar-refractivity contribution < 1.29 is 23.6 Å².